The van der Waals surface area contributed by atoms with Crippen LogP contribution in [-0.4, -0.2) is 52.4 Å². The van der Waals surface area contributed by atoms with Crippen LogP contribution >= 0.6 is 0 Å². The molecule has 3 aliphatic rings. The first-order valence-corrected chi connectivity index (χ1v) is 9.53. The summed E-state index contributed by atoms with van der Waals surface area (Å²) in [6, 6.07) is 3.35. The largest absolute Gasteiger partial charge is 0.433 e. The maximum Gasteiger partial charge on any atom is 0.433 e. The van der Waals surface area contributed by atoms with E-state index >= 15 is 0 Å². The molecule has 154 valence electrons. The third-order valence-electron chi connectivity index (χ3n) is 5.27. The second-order valence-electron chi connectivity index (χ2n) is 8.24. The Morgan fingerprint density at radius 2 is 1.89 bits per heavy atom. The lowest BCUT2D eigenvalue weighted by molar-refractivity contribution is -0.141. The van der Waals surface area contributed by atoms with Gasteiger partial charge in [-0.1, -0.05) is 13.8 Å². The van der Waals surface area contributed by atoms with Gasteiger partial charge in [-0.05, 0) is 30.4 Å². The van der Waals surface area contributed by atoms with E-state index in [4.69, 9.17) is 0 Å². The number of fused-ring (bicyclic) bond motifs is 1. The molecule has 1 fully saturated rings. The fraction of sp³-hybridized carbons (Fsp3) is 0.600. The lowest BCUT2D eigenvalue weighted by atomic mass is 9.91. The van der Waals surface area contributed by atoms with Crippen LogP contribution in [0.15, 0.2) is 18.3 Å². The van der Waals surface area contributed by atoms with Crippen LogP contribution in [0.2, 0.25) is 0 Å². The van der Waals surface area contributed by atoms with Crippen molar-refractivity contribution in [3.63, 3.8) is 0 Å². The van der Waals surface area contributed by atoms with E-state index in [0.29, 0.717) is 17.4 Å². The van der Waals surface area contributed by atoms with Crippen molar-refractivity contribution in [2.24, 2.45) is 11.8 Å². The zero-order chi connectivity index (χ0) is 20.6. The second kappa shape index (κ2) is 7.73. The van der Waals surface area contributed by atoms with Crippen molar-refractivity contribution in [3.05, 3.63) is 29.6 Å². The topological polar surface area (TPSA) is 41.4 Å². The summed E-state index contributed by atoms with van der Waals surface area (Å²) in [6.45, 7) is 5.99. The molecule has 0 saturated carbocycles. The van der Waals surface area contributed by atoms with Gasteiger partial charge in [0.05, 0.1) is 0 Å². The number of rotatable bonds is 4. The van der Waals surface area contributed by atoms with Gasteiger partial charge in [0.15, 0.2) is 5.69 Å². The highest BCUT2D eigenvalue weighted by molar-refractivity contribution is 5.76. The molecule has 2 unspecified atom stereocenters. The number of halogens is 3. The summed E-state index contributed by atoms with van der Waals surface area (Å²) >= 11 is 0. The first-order chi connectivity index (χ1) is 13.1. The van der Waals surface area contributed by atoms with Crippen molar-refractivity contribution in [1.82, 2.24) is 19.4 Å². The predicted octanol–water partition coefficient (Wildman–Crippen LogP) is 3.57. The molecule has 0 radical (unpaired) electrons. The van der Waals surface area contributed by atoms with Crippen molar-refractivity contribution in [2.45, 2.75) is 39.5 Å². The number of piperidine rings is 1. The lowest BCUT2D eigenvalue weighted by Crippen LogP contribution is -2.38. The highest BCUT2D eigenvalue weighted by Gasteiger charge is 2.40. The number of nitrogens with zero attached hydrogens (tertiary/aromatic N) is 4. The Labute approximate surface area is 163 Å². The van der Waals surface area contributed by atoms with Crippen LogP contribution in [0.3, 0.4) is 0 Å². The molecule has 1 saturated heterocycles. The molecule has 0 N–H and O–H groups in total. The van der Waals surface area contributed by atoms with Gasteiger partial charge in [0.25, 0.3) is 0 Å². The molecule has 5 nitrogen and oxygen atoms in total. The number of aromatic nitrogens is 2. The number of hydrogen-bond donors (Lipinski definition) is 0. The summed E-state index contributed by atoms with van der Waals surface area (Å²) < 4.78 is 42.8. The highest BCUT2D eigenvalue weighted by Crippen LogP contribution is 2.39. The number of amides is 1. The number of likely N-dealkylation sites (tertiary alicyclic amines) is 1. The first-order valence-electron chi connectivity index (χ1n) is 9.53. The zero-order valence-electron chi connectivity index (χ0n) is 16.8. The van der Waals surface area contributed by atoms with E-state index in [1.165, 1.54) is 9.47 Å². The van der Waals surface area contributed by atoms with Gasteiger partial charge < -0.3 is 9.47 Å². The van der Waals surface area contributed by atoms with Crippen LogP contribution in [0, 0.1) is 11.8 Å². The van der Waals surface area contributed by atoms with Gasteiger partial charge in [-0.25, -0.2) is 4.98 Å². The molecule has 3 rings (SSSR count). The van der Waals surface area contributed by atoms with Crippen molar-refractivity contribution in [1.29, 1.82) is 0 Å². The summed E-state index contributed by atoms with van der Waals surface area (Å²) in [5.41, 5.74) is -0.173. The van der Waals surface area contributed by atoms with Crippen LogP contribution in [0.25, 0.3) is 11.4 Å². The molecule has 0 spiro atoms. The van der Waals surface area contributed by atoms with E-state index in [1.807, 2.05) is 0 Å². The van der Waals surface area contributed by atoms with E-state index in [9.17, 15) is 18.0 Å². The molecule has 2 atom stereocenters. The van der Waals surface area contributed by atoms with Crippen molar-refractivity contribution in [3.8, 4) is 11.4 Å². The predicted molar refractivity (Wildman–Crippen MR) is 101 cm³/mol. The van der Waals surface area contributed by atoms with Gasteiger partial charge in [-0.15, -0.1) is 0 Å². The molecule has 28 heavy (non-hydrogen) atoms. The Kier molecular flexibility index (Phi) is 5.70. The summed E-state index contributed by atoms with van der Waals surface area (Å²) in [5, 5.41) is 0. The number of hydrogen-bond acceptors (Lipinski definition) is 3. The van der Waals surface area contributed by atoms with E-state index in [0.717, 1.165) is 19.5 Å². The Morgan fingerprint density at radius 3 is 2.46 bits per heavy atom. The monoisotopic (exact) mass is 396 g/mol. The molecular weight excluding hydrogens is 369 g/mol. The number of alkyl halides is 3. The minimum absolute atomic E-state index is 0.0458. The summed E-state index contributed by atoms with van der Waals surface area (Å²) in [4.78, 5) is 19.5. The third kappa shape index (κ3) is 4.32. The normalized spacial score (nSPS) is 21.2. The highest BCUT2D eigenvalue weighted by atomic mass is 19.4. The zero-order valence-corrected chi connectivity index (χ0v) is 16.8. The Balaban J connectivity index is 1.99. The van der Waals surface area contributed by atoms with Crippen LogP contribution < -0.4 is 0 Å². The summed E-state index contributed by atoms with van der Waals surface area (Å²) in [6.07, 6.45) is -1.84. The van der Waals surface area contributed by atoms with Gasteiger partial charge in [0.1, 0.15) is 12.4 Å². The van der Waals surface area contributed by atoms with Crippen LogP contribution in [0.1, 0.15) is 31.5 Å². The molecule has 0 aromatic heterocycles. The molecule has 8 heteroatoms. The van der Waals surface area contributed by atoms with Crippen LogP contribution in [-0.2, 0) is 24.1 Å². The average Bonchev–Trinajstić information content (AvgIpc) is 2.94. The first kappa shape index (κ1) is 20.6. The van der Waals surface area contributed by atoms with Gasteiger partial charge in [-0.2, -0.15) is 13.2 Å². The number of carbonyl (C=O) groups excluding carboxylic acids is 1. The van der Waals surface area contributed by atoms with Crippen LogP contribution in [0.4, 0.5) is 13.2 Å². The minimum atomic E-state index is -4.54. The molecule has 0 aromatic rings. The van der Waals surface area contributed by atoms with Gasteiger partial charge in [0, 0.05) is 51.1 Å². The molecule has 3 aliphatic heterocycles. The minimum Gasteiger partial charge on any atom is -0.347 e. The maximum atomic E-state index is 13.8. The van der Waals surface area contributed by atoms with Gasteiger partial charge in [-0.3, -0.25) is 9.69 Å². The average molecular weight is 396 g/mol. The van der Waals surface area contributed by atoms with E-state index in [-0.39, 0.29) is 30.4 Å². The van der Waals surface area contributed by atoms with Crippen molar-refractivity contribution < 1.29 is 18.0 Å². The lowest BCUT2D eigenvalue weighted by Gasteiger charge is -2.35. The fourth-order valence-corrected chi connectivity index (χ4v) is 4.16. The smallest absolute Gasteiger partial charge is 0.347 e. The number of carbonyl (C=O) groups is 1. The van der Waals surface area contributed by atoms with Crippen molar-refractivity contribution >= 4 is 5.91 Å². The van der Waals surface area contributed by atoms with E-state index < -0.39 is 11.9 Å². The van der Waals surface area contributed by atoms with Crippen LogP contribution in [0.5, 0.6) is 0 Å². The molecule has 0 bridgehead atoms. The van der Waals surface area contributed by atoms with E-state index in [2.05, 4.69) is 23.7 Å². The quantitative estimate of drug-likeness (QED) is 0.793. The second-order valence-corrected chi connectivity index (χ2v) is 8.24. The molecule has 0 aromatic carbocycles. The number of likely N-dealkylation sites (N-methyl/N-ethyl adjacent to an activating group) is 1. The Bertz CT molecular complexity index is 804. The molecule has 0 aliphatic carbocycles. The van der Waals surface area contributed by atoms with Crippen molar-refractivity contribution in [2.75, 3.05) is 27.2 Å². The summed E-state index contributed by atoms with van der Waals surface area (Å²) in [7, 11) is 3.24. The molecular formula is C20H27F3N4O. The maximum absolute atomic E-state index is 13.8. The molecule has 1 amide bonds. The SMILES string of the molecule is CC1CC(C)CN(Cc2c3cccn(CC(=O)N(C)C)c-3nc2C(F)(F)F)C1. The van der Waals surface area contributed by atoms with Gasteiger partial charge >= 0.3 is 6.18 Å². The standard InChI is InChI=1S/C20H27F3N4O/c1-13-8-14(2)10-26(9-13)11-16-15-6-5-7-27(12-17(28)25(3)4)19(15)24-18(16)20(21,22)23/h5-7,13-14H,8-12H2,1-4H3. The molecule has 3 heterocycles. The number of pyridine rings is 1. The fourth-order valence-electron chi connectivity index (χ4n) is 4.16. The van der Waals surface area contributed by atoms with E-state index in [1.54, 1.807) is 32.4 Å². The summed E-state index contributed by atoms with van der Waals surface area (Å²) in [5.74, 6) is 0.914. The Morgan fingerprint density at radius 1 is 1.25 bits per heavy atom. The van der Waals surface area contributed by atoms with Gasteiger partial charge in [0.2, 0.25) is 5.91 Å². The third-order valence-corrected chi connectivity index (χ3v) is 5.27. The Hall–Kier alpha value is -2.09.